The van der Waals surface area contributed by atoms with E-state index < -0.39 is 5.97 Å². The van der Waals surface area contributed by atoms with E-state index in [0.717, 1.165) is 17.5 Å². The SMILES string of the molecule is CCc1ccc(C(=O)OCC(=O)NCCc2ccc(OC)c(OC)c2)cc1. The maximum absolute atomic E-state index is 11.9. The summed E-state index contributed by atoms with van der Waals surface area (Å²) in [5.74, 6) is 0.454. The van der Waals surface area contributed by atoms with Gasteiger partial charge in [0.1, 0.15) is 0 Å². The van der Waals surface area contributed by atoms with Gasteiger partial charge in [-0.15, -0.1) is 0 Å². The maximum Gasteiger partial charge on any atom is 0.338 e. The highest BCUT2D eigenvalue weighted by molar-refractivity contribution is 5.91. The number of rotatable bonds is 9. The Hall–Kier alpha value is -3.02. The number of esters is 1. The smallest absolute Gasteiger partial charge is 0.338 e. The zero-order chi connectivity index (χ0) is 19.6. The van der Waals surface area contributed by atoms with Crippen LogP contribution in [0.1, 0.15) is 28.4 Å². The van der Waals surface area contributed by atoms with E-state index in [1.165, 1.54) is 0 Å². The molecule has 2 rings (SSSR count). The molecule has 6 heteroatoms. The average molecular weight is 371 g/mol. The third kappa shape index (κ3) is 6.02. The van der Waals surface area contributed by atoms with Crippen molar-refractivity contribution in [3.63, 3.8) is 0 Å². The number of carbonyl (C=O) groups is 2. The summed E-state index contributed by atoms with van der Waals surface area (Å²) >= 11 is 0. The minimum Gasteiger partial charge on any atom is -0.493 e. The van der Waals surface area contributed by atoms with Gasteiger partial charge < -0.3 is 19.5 Å². The van der Waals surface area contributed by atoms with Crippen LogP contribution in [0, 0.1) is 0 Å². The Morgan fingerprint density at radius 2 is 1.59 bits per heavy atom. The lowest BCUT2D eigenvalue weighted by atomic mass is 10.1. The molecule has 0 saturated heterocycles. The second-order valence-corrected chi connectivity index (χ2v) is 5.92. The standard InChI is InChI=1S/C21H25NO5/c1-4-15-5-8-17(9-6-15)21(24)27-14-20(23)22-12-11-16-7-10-18(25-2)19(13-16)26-3/h5-10,13H,4,11-12,14H2,1-3H3,(H,22,23). The molecular formula is C21H25NO5. The average Bonchev–Trinajstić information content (AvgIpc) is 2.71. The Labute approximate surface area is 159 Å². The summed E-state index contributed by atoms with van der Waals surface area (Å²) in [5, 5.41) is 2.73. The highest BCUT2D eigenvalue weighted by Crippen LogP contribution is 2.27. The first kappa shape index (κ1) is 20.3. The monoisotopic (exact) mass is 371 g/mol. The number of hydrogen-bond acceptors (Lipinski definition) is 5. The Morgan fingerprint density at radius 3 is 2.22 bits per heavy atom. The number of ether oxygens (including phenoxy) is 3. The number of hydrogen-bond donors (Lipinski definition) is 1. The molecule has 0 bridgehead atoms. The van der Waals surface area contributed by atoms with E-state index in [4.69, 9.17) is 14.2 Å². The molecule has 0 saturated carbocycles. The van der Waals surface area contributed by atoms with Crippen molar-refractivity contribution >= 4 is 11.9 Å². The van der Waals surface area contributed by atoms with Crippen LogP contribution in [0.3, 0.4) is 0 Å². The first-order chi connectivity index (χ1) is 13.1. The lowest BCUT2D eigenvalue weighted by Crippen LogP contribution is -2.30. The predicted molar refractivity (Wildman–Crippen MR) is 102 cm³/mol. The number of aryl methyl sites for hydroxylation is 1. The molecule has 0 aromatic heterocycles. The number of methoxy groups -OCH3 is 2. The minimum absolute atomic E-state index is 0.305. The summed E-state index contributed by atoms with van der Waals surface area (Å²) in [6.45, 7) is 2.16. The molecule has 2 aromatic rings. The number of amides is 1. The fraction of sp³-hybridized carbons (Fsp3) is 0.333. The Balaban J connectivity index is 1.75. The van der Waals surface area contributed by atoms with Gasteiger partial charge in [-0.3, -0.25) is 4.79 Å². The van der Waals surface area contributed by atoms with Crippen molar-refractivity contribution in [3.05, 3.63) is 59.2 Å². The molecule has 0 atom stereocenters. The Kier molecular flexibility index (Phi) is 7.67. The molecule has 0 fully saturated rings. The first-order valence-corrected chi connectivity index (χ1v) is 8.81. The normalized spacial score (nSPS) is 10.2. The van der Waals surface area contributed by atoms with Gasteiger partial charge in [0.05, 0.1) is 19.8 Å². The van der Waals surface area contributed by atoms with Crippen LogP contribution < -0.4 is 14.8 Å². The van der Waals surface area contributed by atoms with Crippen LogP contribution in [0.4, 0.5) is 0 Å². The summed E-state index contributed by atoms with van der Waals surface area (Å²) in [6.07, 6.45) is 1.52. The topological polar surface area (TPSA) is 73.9 Å². The molecule has 0 aliphatic heterocycles. The molecule has 0 aliphatic carbocycles. The molecule has 1 amide bonds. The third-order valence-electron chi connectivity index (χ3n) is 4.12. The van der Waals surface area contributed by atoms with Crippen molar-refractivity contribution in [2.24, 2.45) is 0 Å². The van der Waals surface area contributed by atoms with E-state index in [-0.39, 0.29) is 12.5 Å². The zero-order valence-electron chi connectivity index (χ0n) is 15.9. The van der Waals surface area contributed by atoms with Crippen LogP contribution in [-0.4, -0.2) is 39.2 Å². The van der Waals surface area contributed by atoms with Crippen LogP contribution in [0.25, 0.3) is 0 Å². The highest BCUT2D eigenvalue weighted by atomic mass is 16.5. The van der Waals surface area contributed by atoms with Gasteiger partial charge in [-0.25, -0.2) is 4.79 Å². The third-order valence-corrected chi connectivity index (χ3v) is 4.12. The second kappa shape index (κ2) is 10.2. The van der Waals surface area contributed by atoms with Crippen LogP contribution >= 0.6 is 0 Å². The summed E-state index contributed by atoms with van der Waals surface area (Å²) < 4.78 is 15.5. The van der Waals surface area contributed by atoms with E-state index in [9.17, 15) is 9.59 Å². The lowest BCUT2D eigenvalue weighted by molar-refractivity contribution is -0.124. The van der Waals surface area contributed by atoms with Gasteiger partial charge in [-0.1, -0.05) is 25.1 Å². The van der Waals surface area contributed by atoms with Crippen LogP contribution in [0.5, 0.6) is 11.5 Å². The van der Waals surface area contributed by atoms with Gasteiger partial charge in [0.2, 0.25) is 0 Å². The fourth-order valence-electron chi connectivity index (χ4n) is 2.52. The molecule has 2 aromatic carbocycles. The molecule has 0 unspecified atom stereocenters. The molecule has 0 heterocycles. The van der Waals surface area contributed by atoms with E-state index in [1.807, 2.05) is 37.3 Å². The van der Waals surface area contributed by atoms with Crippen LogP contribution in [0.2, 0.25) is 0 Å². The fourth-order valence-corrected chi connectivity index (χ4v) is 2.52. The molecule has 0 radical (unpaired) electrons. The molecule has 144 valence electrons. The largest absolute Gasteiger partial charge is 0.493 e. The summed E-state index contributed by atoms with van der Waals surface area (Å²) in [6, 6.07) is 12.8. The summed E-state index contributed by atoms with van der Waals surface area (Å²) in [5.41, 5.74) is 2.57. The molecule has 0 aliphatic rings. The summed E-state index contributed by atoms with van der Waals surface area (Å²) in [4.78, 5) is 23.8. The molecule has 0 spiro atoms. The minimum atomic E-state index is -0.507. The van der Waals surface area contributed by atoms with Crippen molar-refractivity contribution in [2.75, 3.05) is 27.4 Å². The number of carbonyl (C=O) groups excluding carboxylic acids is 2. The van der Waals surface area contributed by atoms with Crippen LogP contribution in [-0.2, 0) is 22.4 Å². The van der Waals surface area contributed by atoms with E-state index in [0.29, 0.717) is 30.0 Å². The number of nitrogens with one attached hydrogen (secondary N) is 1. The van der Waals surface area contributed by atoms with Crippen LogP contribution in [0.15, 0.2) is 42.5 Å². The van der Waals surface area contributed by atoms with Gasteiger partial charge in [0.25, 0.3) is 5.91 Å². The highest BCUT2D eigenvalue weighted by Gasteiger charge is 2.10. The zero-order valence-corrected chi connectivity index (χ0v) is 15.9. The lowest BCUT2D eigenvalue weighted by Gasteiger charge is -2.10. The maximum atomic E-state index is 11.9. The quantitative estimate of drug-likeness (QED) is 0.686. The number of benzene rings is 2. The Morgan fingerprint density at radius 1 is 0.926 bits per heavy atom. The first-order valence-electron chi connectivity index (χ1n) is 8.81. The van der Waals surface area contributed by atoms with Crippen molar-refractivity contribution < 1.29 is 23.8 Å². The Bertz CT molecular complexity index is 771. The van der Waals surface area contributed by atoms with E-state index in [2.05, 4.69) is 5.32 Å². The van der Waals surface area contributed by atoms with Gasteiger partial charge in [0.15, 0.2) is 18.1 Å². The van der Waals surface area contributed by atoms with Crippen molar-refractivity contribution in [1.29, 1.82) is 0 Å². The van der Waals surface area contributed by atoms with Crippen molar-refractivity contribution in [1.82, 2.24) is 5.32 Å². The van der Waals surface area contributed by atoms with Gasteiger partial charge in [0, 0.05) is 6.54 Å². The second-order valence-electron chi connectivity index (χ2n) is 5.92. The van der Waals surface area contributed by atoms with Gasteiger partial charge >= 0.3 is 5.97 Å². The molecule has 1 N–H and O–H groups in total. The van der Waals surface area contributed by atoms with Crippen molar-refractivity contribution in [3.8, 4) is 11.5 Å². The molecule has 6 nitrogen and oxygen atoms in total. The van der Waals surface area contributed by atoms with E-state index >= 15 is 0 Å². The van der Waals surface area contributed by atoms with Gasteiger partial charge in [-0.05, 0) is 48.2 Å². The summed E-state index contributed by atoms with van der Waals surface area (Å²) in [7, 11) is 3.16. The molecule has 27 heavy (non-hydrogen) atoms. The van der Waals surface area contributed by atoms with E-state index in [1.54, 1.807) is 26.4 Å². The van der Waals surface area contributed by atoms with Crippen molar-refractivity contribution in [2.45, 2.75) is 19.8 Å². The molecular weight excluding hydrogens is 346 g/mol. The van der Waals surface area contributed by atoms with Gasteiger partial charge in [-0.2, -0.15) is 0 Å². The predicted octanol–water partition coefficient (Wildman–Crippen LogP) is 2.78.